The van der Waals surface area contributed by atoms with E-state index < -0.39 is 0 Å². The van der Waals surface area contributed by atoms with Gasteiger partial charge in [0.1, 0.15) is 11.6 Å². The molecule has 5 nitrogen and oxygen atoms in total. The topological polar surface area (TPSA) is 50.5 Å². The molecule has 0 spiro atoms. The Morgan fingerprint density at radius 3 is 2.72 bits per heavy atom. The van der Waals surface area contributed by atoms with Gasteiger partial charge in [-0.1, -0.05) is 49.2 Å². The number of hydrazone groups is 1. The molecule has 2 heterocycles. The lowest BCUT2D eigenvalue weighted by molar-refractivity contribution is 0.203. The molecule has 0 unspecified atom stereocenters. The molecule has 2 aliphatic rings. The average molecular weight is 451 g/mol. The molecule has 2 aromatic carbocycles. The monoisotopic (exact) mass is 450 g/mol. The highest BCUT2D eigenvalue weighted by atomic mass is 32.2. The first-order valence-electron chi connectivity index (χ1n) is 11.4. The number of thioether (sulfide) groups is 1. The van der Waals surface area contributed by atoms with E-state index in [0.717, 1.165) is 40.2 Å². The number of aryl methyl sites for hydroxylation is 1. The second-order valence-electron chi connectivity index (χ2n) is 8.58. The number of halogens is 1. The molecule has 0 N–H and O–H groups in total. The van der Waals surface area contributed by atoms with Crippen molar-refractivity contribution in [3.63, 3.8) is 0 Å². The minimum Gasteiger partial charge on any atom is -0.324 e. The Morgan fingerprint density at radius 2 is 1.94 bits per heavy atom. The van der Waals surface area contributed by atoms with E-state index in [1.807, 2.05) is 12.1 Å². The molecular formula is C25H27FN4OS. The molecule has 0 atom stereocenters. The van der Waals surface area contributed by atoms with Crippen LogP contribution < -0.4 is 0 Å². The predicted molar refractivity (Wildman–Crippen MR) is 128 cm³/mol. The second kappa shape index (κ2) is 9.06. The summed E-state index contributed by atoms with van der Waals surface area (Å²) in [6.07, 6.45) is 6.17. The molecule has 1 fully saturated rings. The van der Waals surface area contributed by atoms with E-state index >= 15 is 0 Å². The van der Waals surface area contributed by atoms with Crippen molar-refractivity contribution >= 4 is 33.7 Å². The van der Waals surface area contributed by atoms with Crippen LogP contribution in [0.15, 0.2) is 47.6 Å². The Balaban J connectivity index is 1.47. The number of hydrogen-bond acceptors (Lipinski definition) is 4. The van der Waals surface area contributed by atoms with Gasteiger partial charge in [0.2, 0.25) is 0 Å². The molecule has 0 radical (unpaired) electrons. The zero-order chi connectivity index (χ0) is 22.1. The van der Waals surface area contributed by atoms with Crippen molar-refractivity contribution in [2.45, 2.75) is 45.6 Å². The Morgan fingerprint density at radius 1 is 1.09 bits per heavy atom. The molecule has 0 bridgehead atoms. The number of hydrogen-bond donors (Lipinski definition) is 0. The summed E-state index contributed by atoms with van der Waals surface area (Å²) in [5.74, 6) is 1.60. The number of amides is 1. The summed E-state index contributed by atoms with van der Waals surface area (Å²) in [6.45, 7) is 3.52. The Hall–Kier alpha value is -2.67. The van der Waals surface area contributed by atoms with E-state index in [2.05, 4.69) is 23.6 Å². The number of nitrogens with zero attached hydrogens (tertiary/aromatic N) is 4. The summed E-state index contributed by atoms with van der Waals surface area (Å²) in [5, 5.41) is 6.47. The zero-order valence-electron chi connectivity index (χ0n) is 18.3. The third-order valence-corrected chi connectivity index (χ3v) is 7.30. The third-order valence-electron chi connectivity index (χ3n) is 6.42. The number of aromatic nitrogens is 2. The molecule has 32 heavy (non-hydrogen) atoms. The van der Waals surface area contributed by atoms with Crippen molar-refractivity contribution < 1.29 is 9.18 Å². The van der Waals surface area contributed by atoms with Gasteiger partial charge in [-0.3, -0.25) is 4.79 Å². The van der Waals surface area contributed by atoms with Gasteiger partial charge < -0.3 is 4.57 Å². The van der Waals surface area contributed by atoms with Crippen molar-refractivity contribution in [3.8, 4) is 11.4 Å². The van der Waals surface area contributed by atoms with Gasteiger partial charge in [0, 0.05) is 30.0 Å². The molecule has 5 rings (SSSR count). The van der Waals surface area contributed by atoms with Gasteiger partial charge in [-0.25, -0.2) is 14.4 Å². The van der Waals surface area contributed by atoms with E-state index in [1.165, 1.54) is 56.0 Å². The van der Waals surface area contributed by atoms with Gasteiger partial charge in [-0.2, -0.15) is 5.10 Å². The lowest BCUT2D eigenvalue weighted by Gasteiger charge is -2.29. The molecule has 1 aliphatic carbocycles. The van der Waals surface area contributed by atoms with E-state index in [0.29, 0.717) is 18.2 Å². The minimum atomic E-state index is -0.269. The fraction of sp³-hybridized carbons (Fsp3) is 0.400. The third kappa shape index (κ3) is 4.18. The summed E-state index contributed by atoms with van der Waals surface area (Å²) < 4.78 is 15.9. The Kier molecular flexibility index (Phi) is 6.00. The number of imidazole rings is 1. The molecule has 3 aromatic rings. The van der Waals surface area contributed by atoms with Gasteiger partial charge in [-0.05, 0) is 49.9 Å². The largest absolute Gasteiger partial charge is 0.324 e. The highest BCUT2D eigenvalue weighted by Gasteiger charge is 2.26. The van der Waals surface area contributed by atoms with Gasteiger partial charge >= 0.3 is 5.24 Å². The lowest BCUT2D eigenvalue weighted by Crippen LogP contribution is -2.34. The maximum absolute atomic E-state index is 13.8. The predicted octanol–water partition coefficient (Wildman–Crippen LogP) is 6.32. The van der Waals surface area contributed by atoms with E-state index in [9.17, 15) is 9.18 Å². The Labute approximate surface area is 191 Å². The normalized spacial score (nSPS) is 17.8. The minimum absolute atomic E-state index is 0.0454. The van der Waals surface area contributed by atoms with E-state index in [1.54, 1.807) is 11.1 Å². The number of carbonyl (C=O) groups excluding carboxylic acids is 1. The second-order valence-corrected chi connectivity index (χ2v) is 9.51. The maximum Gasteiger partial charge on any atom is 0.302 e. The van der Waals surface area contributed by atoms with Crippen LogP contribution in [0.25, 0.3) is 22.4 Å². The summed E-state index contributed by atoms with van der Waals surface area (Å²) in [6, 6.07) is 12.7. The average Bonchev–Trinajstić information content (AvgIpc) is 3.19. The number of fused-ring (bicyclic) bond motifs is 1. The summed E-state index contributed by atoms with van der Waals surface area (Å²) in [4.78, 5) is 17.3. The van der Waals surface area contributed by atoms with Crippen molar-refractivity contribution in [3.05, 3.63) is 53.8 Å². The Bertz CT molecular complexity index is 1180. The van der Waals surface area contributed by atoms with Crippen LogP contribution in [0.3, 0.4) is 0 Å². The fourth-order valence-corrected chi connectivity index (χ4v) is 5.52. The standard InChI is InChI=1S/C25H27FN4OS/c1-2-29-23-12-11-18(14-21(23)27-24(29)19-9-6-10-20(26)13-19)22-16-32-25(31)30(28-22)15-17-7-4-3-5-8-17/h6,9-14,17H,2-5,7-8,15-16H2,1H3. The van der Waals surface area contributed by atoms with Gasteiger partial charge in [0.15, 0.2) is 0 Å². The smallest absolute Gasteiger partial charge is 0.302 e. The first-order valence-corrected chi connectivity index (χ1v) is 12.4. The van der Waals surface area contributed by atoms with E-state index in [-0.39, 0.29) is 11.1 Å². The first-order chi connectivity index (χ1) is 15.6. The number of benzene rings is 2. The van der Waals surface area contributed by atoms with Crippen LogP contribution in [-0.4, -0.2) is 37.8 Å². The van der Waals surface area contributed by atoms with Crippen LogP contribution in [0.1, 0.15) is 44.6 Å². The molecular weight excluding hydrogens is 423 g/mol. The highest BCUT2D eigenvalue weighted by Crippen LogP contribution is 2.30. The number of rotatable bonds is 5. The first kappa shape index (κ1) is 21.2. The van der Waals surface area contributed by atoms with Crippen LogP contribution in [0, 0.1) is 11.7 Å². The number of carbonyl (C=O) groups is 1. The van der Waals surface area contributed by atoms with Crippen molar-refractivity contribution in [2.75, 3.05) is 12.3 Å². The maximum atomic E-state index is 13.8. The van der Waals surface area contributed by atoms with Crippen molar-refractivity contribution in [1.29, 1.82) is 0 Å². The lowest BCUT2D eigenvalue weighted by atomic mass is 9.89. The summed E-state index contributed by atoms with van der Waals surface area (Å²) >= 11 is 1.32. The molecule has 7 heteroatoms. The fourth-order valence-electron chi connectivity index (χ4n) is 4.77. The van der Waals surface area contributed by atoms with Crippen molar-refractivity contribution in [1.82, 2.24) is 14.6 Å². The van der Waals surface area contributed by atoms with Gasteiger partial charge in [0.05, 0.1) is 16.7 Å². The van der Waals surface area contributed by atoms with Crippen LogP contribution in [0.2, 0.25) is 0 Å². The summed E-state index contributed by atoms with van der Waals surface area (Å²) in [7, 11) is 0. The quantitative estimate of drug-likeness (QED) is 0.457. The molecule has 1 saturated carbocycles. The zero-order valence-corrected chi connectivity index (χ0v) is 19.1. The summed E-state index contributed by atoms with van der Waals surface area (Å²) in [5.41, 5.74) is 4.52. The van der Waals surface area contributed by atoms with Gasteiger partial charge in [-0.15, -0.1) is 0 Å². The molecule has 166 valence electrons. The molecule has 1 aromatic heterocycles. The van der Waals surface area contributed by atoms with Crippen molar-refractivity contribution in [2.24, 2.45) is 11.0 Å². The van der Waals surface area contributed by atoms with Crippen LogP contribution >= 0.6 is 11.8 Å². The highest BCUT2D eigenvalue weighted by molar-refractivity contribution is 8.14. The van der Waals surface area contributed by atoms with Crippen LogP contribution in [0.4, 0.5) is 9.18 Å². The van der Waals surface area contributed by atoms with Crippen LogP contribution in [0.5, 0.6) is 0 Å². The SMILES string of the molecule is CCn1c(-c2cccc(F)c2)nc2cc(C3=NN(CC4CCCCC4)C(=O)SC3)ccc21. The van der Waals surface area contributed by atoms with Crippen LogP contribution in [-0.2, 0) is 6.54 Å². The molecule has 1 amide bonds. The molecule has 1 aliphatic heterocycles. The molecule has 0 saturated heterocycles. The van der Waals surface area contributed by atoms with Gasteiger partial charge in [0.25, 0.3) is 0 Å². The van der Waals surface area contributed by atoms with E-state index in [4.69, 9.17) is 10.1 Å².